The van der Waals surface area contributed by atoms with Crippen molar-refractivity contribution in [2.24, 2.45) is 0 Å². The van der Waals surface area contributed by atoms with Gasteiger partial charge >= 0.3 is 0 Å². The second kappa shape index (κ2) is 8.41. The molecule has 0 saturated heterocycles. The van der Waals surface area contributed by atoms with Crippen molar-refractivity contribution in [1.82, 2.24) is 5.32 Å². The number of nitrogens with one attached hydrogen (secondary N) is 1. The number of hydrogen-bond acceptors (Lipinski definition) is 2. The minimum absolute atomic E-state index is 0.0789. The Balaban J connectivity index is 1.70. The van der Waals surface area contributed by atoms with Gasteiger partial charge in [-0.25, -0.2) is 4.39 Å². The lowest BCUT2D eigenvalue weighted by Gasteiger charge is -2.14. The van der Waals surface area contributed by atoms with E-state index in [1.807, 2.05) is 24.3 Å². The van der Waals surface area contributed by atoms with Crippen LogP contribution in [0, 0.1) is 5.82 Å². The van der Waals surface area contributed by atoms with Crippen molar-refractivity contribution in [3.8, 4) is 0 Å². The van der Waals surface area contributed by atoms with Gasteiger partial charge < -0.3 is 5.32 Å². The first-order chi connectivity index (χ1) is 13.0. The molecule has 4 heteroatoms. The molecule has 0 aliphatic heterocycles. The van der Waals surface area contributed by atoms with Crippen molar-refractivity contribution in [1.29, 1.82) is 0 Å². The molecule has 0 aliphatic carbocycles. The molecule has 0 radical (unpaired) electrons. The van der Waals surface area contributed by atoms with Crippen molar-refractivity contribution < 1.29 is 14.0 Å². The van der Waals surface area contributed by atoms with Crippen molar-refractivity contribution in [2.45, 2.75) is 19.4 Å². The Bertz CT molecular complexity index is 953. The summed E-state index contributed by atoms with van der Waals surface area (Å²) >= 11 is 0. The van der Waals surface area contributed by atoms with Crippen LogP contribution in [0.4, 0.5) is 4.39 Å². The monoisotopic (exact) mass is 361 g/mol. The molecule has 3 rings (SSSR count). The van der Waals surface area contributed by atoms with Gasteiger partial charge in [0, 0.05) is 17.7 Å². The summed E-state index contributed by atoms with van der Waals surface area (Å²) in [6, 6.07) is 22.3. The first-order valence-corrected chi connectivity index (χ1v) is 8.76. The molecule has 3 aromatic rings. The number of halogens is 1. The average Bonchev–Trinajstić information content (AvgIpc) is 2.71. The molecule has 0 unspecified atom stereocenters. The molecule has 1 amide bonds. The van der Waals surface area contributed by atoms with E-state index in [-0.39, 0.29) is 24.1 Å². The second-order valence-corrected chi connectivity index (χ2v) is 6.39. The molecular formula is C23H20FNO2. The van der Waals surface area contributed by atoms with Crippen molar-refractivity contribution in [3.63, 3.8) is 0 Å². The van der Waals surface area contributed by atoms with Crippen molar-refractivity contribution >= 4 is 11.7 Å². The molecular weight excluding hydrogens is 341 g/mol. The molecule has 3 nitrogen and oxygen atoms in total. The summed E-state index contributed by atoms with van der Waals surface area (Å²) in [6.45, 7) is 2.04. The van der Waals surface area contributed by atoms with Crippen LogP contribution in [0.25, 0.3) is 0 Å². The predicted molar refractivity (Wildman–Crippen MR) is 103 cm³/mol. The number of amides is 1. The average molecular weight is 361 g/mol. The largest absolute Gasteiger partial charge is 0.352 e. The highest BCUT2D eigenvalue weighted by Gasteiger charge is 2.17. The molecule has 0 saturated carbocycles. The number of carbonyl (C=O) groups excluding carboxylic acids is 2. The number of ketones is 1. The zero-order valence-corrected chi connectivity index (χ0v) is 15.0. The van der Waals surface area contributed by atoms with E-state index in [9.17, 15) is 14.0 Å². The zero-order valence-electron chi connectivity index (χ0n) is 15.0. The quantitative estimate of drug-likeness (QED) is 0.658. The van der Waals surface area contributed by atoms with Gasteiger partial charge in [0.25, 0.3) is 0 Å². The van der Waals surface area contributed by atoms with Crippen LogP contribution in [0.3, 0.4) is 0 Å². The van der Waals surface area contributed by atoms with E-state index in [1.165, 1.54) is 12.1 Å². The fourth-order valence-corrected chi connectivity index (χ4v) is 2.85. The van der Waals surface area contributed by atoms with Gasteiger partial charge in [-0.1, -0.05) is 60.7 Å². The van der Waals surface area contributed by atoms with Crippen LogP contribution in [0.15, 0.2) is 78.9 Å². The van der Waals surface area contributed by atoms with E-state index in [1.54, 1.807) is 49.4 Å². The van der Waals surface area contributed by atoms with Crippen LogP contribution in [0.1, 0.15) is 39.9 Å². The van der Waals surface area contributed by atoms with Crippen molar-refractivity contribution in [3.05, 3.63) is 107 Å². The lowest BCUT2D eigenvalue weighted by atomic mass is 9.95. The Kier molecular flexibility index (Phi) is 5.77. The third-order valence-corrected chi connectivity index (χ3v) is 4.43. The van der Waals surface area contributed by atoms with E-state index in [4.69, 9.17) is 0 Å². The summed E-state index contributed by atoms with van der Waals surface area (Å²) in [5, 5.41) is 2.81. The summed E-state index contributed by atoms with van der Waals surface area (Å²) in [6.07, 6.45) is 0. The number of benzene rings is 3. The molecule has 136 valence electrons. The molecule has 0 fully saturated rings. The summed E-state index contributed by atoms with van der Waals surface area (Å²) in [7, 11) is 0. The van der Waals surface area contributed by atoms with E-state index in [0.29, 0.717) is 16.7 Å². The minimum Gasteiger partial charge on any atom is -0.352 e. The molecule has 1 atom stereocenters. The number of carbonyl (C=O) groups is 2. The van der Waals surface area contributed by atoms with Gasteiger partial charge in [-0.15, -0.1) is 0 Å². The van der Waals surface area contributed by atoms with E-state index in [2.05, 4.69) is 5.32 Å². The minimum atomic E-state index is -0.429. The third-order valence-electron chi connectivity index (χ3n) is 4.43. The van der Waals surface area contributed by atoms with Gasteiger partial charge in [0.05, 0.1) is 5.92 Å². The van der Waals surface area contributed by atoms with E-state index in [0.717, 1.165) is 5.56 Å². The van der Waals surface area contributed by atoms with Gasteiger partial charge in [0.1, 0.15) is 5.82 Å². The highest BCUT2D eigenvalue weighted by atomic mass is 19.1. The Labute approximate surface area is 157 Å². The smallest absolute Gasteiger partial charge is 0.227 e. The van der Waals surface area contributed by atoms with Gasteiger partial charge in [-0.2, -0.15) is 0 Å². The molecule has 0 bridgehead atoms. The van der Waals surface area contributed by atoms with Crippen LogP contribution in [0.2, 0.25) is 0 Å². The SMILES string of the molecule is C[C@@H](C(=O)NCc1cccc(F)c1)c1cccc(C(=O)c2ccccc2)c1. The normalized spacial score (nSPS) is 11.6. The predicted octanol–water partition coefficient (Wildman–Crippen LogP) is 4.48. The van der Waals surface area contributed by atoms with Crippen LogP contribution < -0.4 is 5.32 Å². The number of rotatable bonds is 6. The maximum Gasteiger partial charge on any atom is 0.227 e. The Morgan fingerprint density at radius 2 is 1.59 bits per heavy atom. The van der Waals surface area contributed by atoms with Crippen LogP contribution in [-0.4, -0.2) is 11.7 Å². The summed E-state index contributed by atoms with van der Waals surface area (Å²) < 4.78 is 13.2. The standard InChI is InChI=1S/C23H20FNO2/c1-16(23(27)25-15-17-7-5-12-21(24)13-17)19-10-6-11-20(14-19)22(26)18-8-3-2-4-9-18/h2-14,16H,15H2,1H3,(H,25,27)/t16-/m1/s1. The zero-order chi connectivity index (χ0) is 19.2. The molecule has 27 heavy (non-hydrogen) atoms. The third kappa shape index (κ3) is 4.67. The molecule has 0 spiro atoms. The maximum absolute atomic E-state index is 13.2. The molecule has 0 aromatic heterocycles. The van der Waals surface area contributed by atoms with Crippen LogP contribution in [0.5, 0.6) is 0 Å². The van der Waals surface area contributed by atoms with E-state index < -0.39 is 5.92 Å². The lowest BCUT2D eigenvalue weighted by Crippen LogP contribution is -2.27. The highest BCUT2D eigenvalue weighted by Crippen LogP contribution is 2.19. The first-order valence-electron chi connectivity index (χ1n) is 8.76. The summed E-state index contributed by atoms with van der Waals surface area (Å²) in [4.78, 5) is 25.1. The Hall–Kier alpha value is -3.27. The van der Waals surface area contributed by atoms with Gasteiger partial charge in [0.15, 0.2) is 5.78 Å². The maximum atomic E-state index is 13.2. The van der Waals surface area contributed by atoms with Gasteiger partial charge in [-0.05, 0) is 36.2 Å². The molecule has 0 aliphatic rings. The fraction of sp³-hybridized carbons (Fsp3) is 0.130. The van der Waals surface area contributed by atoms with Crippen LogP contribution in [-0.2, 0) is 11.3 Å². The van der Waals surface area contributed by atoms with Gasteiger partial charge in [-0.3, -0.25) is 9.59 Å². The van der Waals surface area contributed by atoms with Crippen molar-refractivity contribution in [2.75, 3.05) is 0 Å². The molecule has 0 heterocycles. The second-order valence-electron chi connectivity index (χ2n) is 6.39. The van der Waals surface area contributed by atoms with Gasteiger partial charge in [0.2, 0.25) is 5.91 Å². The van der Waals surface area contributed by atoms with E-state index >= 15 is 0 Å². The summed E-state index contributed by atoms with van der Waals surface area (Å²) in [5.41, 5.74) is 2.61. The molecule has 1 N–H and O–H groups in total. The summed E-state index contributed by atoms with van der Waals surface area (Å²) in [5.74, 6) is -1.02. The highest BCUT2D eigenvalue weighted by molar-refractivity contribution is 6.09. The topological polar surface area (TPSA) is 46.2 Å². The Morgan fingerprint density at radius 1 is 0.889 bits per heavy atom. The number of hydrogen-bond donors (Lipinski definition) is 1. The fourth-order valence-electron chi connectivity index (χ4n) is 2.85. The lowest BCUT2D eigenvalue weighted by molar-refractivity contribution is -0.122. The first kappa shape index (κ1) is 18.5. The van der Waals surface area contributed by atoms with Crippen LogP contribution >= 0.6 is 0 Å². The molecule has 3 aromatic carbocycles. The Morgan fingerprint density at radius 3 is 2.33 bits per heavy atom.